The monoisotopic (exact) mass is 245 g/mol. The zero-order valence-electron chi connectivity index (χ0n) is 9.98. The molecular weight excluding hydrogens is 230 g/mol. The van der Waals surface area contributed by atoms with Crippen LogP contribution in [0.5, 0.6) is 11.5 Å². The molecule has 94 valence electrons. The second-order valence-corrected chi connectivity index (χ2v) is 4.22. The summed E-state index contributed by atoms with van der Waals surface area (Å²) in [7, 11) is 0. The molecule has 2 rings (SSSR count). The van der Waals surface area contributed by atoms with Crippen molar-refractivity contribution in [2.45, 2.75) is 18.4 Å². The SMILES string of the molecule is C=CCC1(CC=C)Oc2ccc(O)cc2NC1=O. The molecule has 1 amide bonds. The van der Waals surface area contributed by atoms with Gasteiger partial charge in [-0.25, -0.2) is 0 Å². The van der Waals surface area contributed by atoms with Crippen molar-refractivity contribution >= 4 is 11.6 Å². The van der Waals surface area contributed by atoms with Gasteiger partial charge in [-0.1, -0.05) is 12.2 Å². The van der Waals surface area contributed by atoms with E-state index in [-0.39, 0.29) is 11.7 Å². The molecule has 1 aliphatic heterocycles. The van der Waals surface area contributed by atoms with Gasteiger partial charge < -0.3 is 15.2 Å². The fourth-order valence-corrected chi connectivity index (χ4v) is 2.02. The lowest BCUT2D eigenvalue weighted by Gasteiger charge is -2.36. The van der Waals surface area contributed by atoms with Gasteiger partial charge in [0.05, 0.1) is 5.69 Å². The molecule has 0 aromatic heterocycles. The fraction of sp³-hybridized carbons (Fsp3) is 0.214. The molecule has 1 aliphatic rings. The van der Waals surface area contributed by atoms with Crippen molar-refractivity contribution in [3.63, 3.8) is 0 Å². The van der Waals surface area contributed by atoms with Gasteiger partial charge in [0.15, 0.2) is 5.60 Å². The summed E-state index contributed by atoms with van der Waals surface area (Å²) in [5.41, 5.74) is -0.517. The van der Waals surface area contributed by atoms with Crippen molar-refractivity contribution < 1.29 is 14.6 Å². The molecule has 0 fully saturated rings. The second-order valence-electron chi connectivity index (χ2n) is 4.22. The molecule has 4 nitrogen and oxygen atoms in total. The van der Waals surface area contributed by atoms with Crippen LogP contribution in [0.1, 0.15) is 12.8 Å². The number of nitrogens with one attached hydrogen (secondary N) is 1. The Morgan fingerprint density at radius 1 is 1.33 bits per heavy atom. The molecule has 0 aliphatic carbocycles. The van der Waals surface area contributed by atoms with Gasteiger partial charge in [0.2, 0.25) is 0 Å². The Morgan fingerprint density at radius 2 is 2.00 bits per heavy atom. The molecule has 0 spiro atoms. The van der Waals surface area contributed by atoms with Crippen LogP contribution in [0, 0.1) is 0 Å². The maximum Gasteiger partial charge on any atom is 0.269 e. The Labute approximate surface area is 106 Å². The summed E-state index contributed by atoms with van der Waals surface area (Å²) in [6.45, 7) is 7.30. The molecule has 0 saturated heterocycles. The van der Waals surface area contributed by atoms with E-state index < -0.39 is 5.60 Å². The Hall–Kier alpha value is -2.23. The lowest BCUT2D eigenvalue weighted by molar-refractivity contribution is -0.132. The van der Waals surface area contributed by atoms with E-state index in [1.54, 1.807) is 18.2 Å². The number of aromatic hydroxyl groups is 1. The number of benzene rings is 1. The van der Waals surface area contributed by atoms with Gasteiger partial charge in [-0.05, 0) is 12.1 Å². The zero-order chi connectivity index (χ0) is 13.2. The molecule has 1 aromatic rings. The Bertz CT molecular complexity index is 498. The van der Waals surface area contributed by atoms with Crippen LogP contribution in [-0.4, -0.2) is 16.6 Å². The zero-order valence-corrected chi connectivity index (χ0v) is 9.98. The number of anilines is 1. The molecule has 2 N–H and O–H groups in total. The van der Waals surface area contributed by atoms with Crippen molar-refractivity contribution in [3.05, 3.63) is 43.5 Å². The summed E-state index contributed by atoms with van der Waals surface area (Å²) >= 11 is 0. The van der Waals surface area contributed by atoms with Crippen molar-refractivity contribution in [1.82, 2.24) is 0 Å². The quantitative estimate of drug-likeness (QED) is 0.802. The normalized spacial score (nSPS) is 16.1. The molecule has 18 heavy (non-hydrogen) atoms. The highest BCUT2D eigenvalue weighted by Gasteiger charge is 2.42. The van der Waals surface area contributed by atoms with E-state index in [0.717, 1.165) is 0 Å². The number of carbonyl (C=O) groups is 1. The number of ether oxygens (including phenoxy) is 1. The van der Waals surface area contributed by atoms with Crippen molar-refractivity contribution in [3.8, 4) is 11.5 Å². The van der Waals surface area contributed by atoms with E-state index in [1.165, 1.54) is 12.1 Å². The largest absolute Gasteiger partial charge is 0.508 e. The van der Waals surface area contributed by atoms with Crippen LogP contribution in [0.25, 0.3) is 0 Å². The molecular formula is C14H15NO3. The summed E-state index contributed by atoms with van der Waals surface area (Å²) in [6.07, 6.45) is 4.08. The van der Waals surface area contributed by atoms with Crippen LogP contribution in [0.3, 0.4) is 0 Å². The third-order valence-corrected chi connectivity index (χ3v) is 2.88. The molecule has 0 saturated carbocycles. The maximum absolute atomic E-state index is 12.2. The van der Waals surface area contributed by atoms with Crippen LogP contribution in [0.2, 0.25) is 0 Å². The molecule has 0 radical (unpaired) electrons. The van der Waals surface area contributed by atoms with Gasteiger partial charge in [0, 0.05) is 18.9 Å². The highest BCUT2D eigenvalue weighted by molar-refractivity contribution is 6.01. The topological polar surface area (TPSA) is 58.6 Å². The Balaban J connectivity index is 2.41. The summed E-state index contributed by atoms with van der Waals surface area (Å²) in [4.78, 5) is 12.2. The lowest BCUT2D eigenvalue weighted by atomic mass is 9.92. The minimum absolute atomic E-state index is 0.0811. The second kappa shape index (κ2) is 4.56. The maximum atomic E-state index is 12.2. The number of rotatable bonds is 4. The highest BCUT2D eigenvalue weighted by Crippen LogP contribution is 2.38. The summed E-state index contributed by atoms with van der Waals surface area (Å²) < 4.78 is 5.80. The van der Waals surface area contributed by atoms with E-state index in [1.807, 2.05) is 0 Å². The predicted molar refractivity (Wildman–Crippen MR) is 69.7 cm³/mol. The lowest BCUT2D eigenvalue weighted by Crippen LogP contribution is -2.50. The van der Waals surface area contributed by atoms with Crippen LogP contribution < -0.4 is 10.1 Å². The molecule has 4 heteroatoms. The average molecular weight is 245 g/mol. The number of phenols is 1. The Kier molecular flexibility index (Phi) is 3.10. The summed E-state index contributed by atoms with van der Waals surface area (Å²) in [6, 6.07) is 4.60. The number of carbonyl (C=O) groups excluding carboxylic acids is 1. The number of hydrogen-bond acceptors (Lipinski definition) is 3. The first-order chi connectivity index (χ1) is 8.61. The molecule has 0 atom stereocenters. The van der Waals surface area contributed by atoms with Gasteiger partial charge in [0.25, 0.3) is 5.91 Å². The van der Waals surface area contributed by atoms with Gasteiger partial charge >= 0.3 is 0 Å². The first-order valence-corrected chi connectivity index (χ1v) is 5.66. The average Bonchev–Trinajstić information content (AvgIpc) is 2.32. The third kappa shape index (κ3) is 1.97. The van der Waals surface area contributed by atoms with Crippen molar-refractivity contribution in [2.24, 2.45) is 0 Å². The first-order valence-electron chi connectivity index (χ1n) is 5.66. The van der Waals surface area contributed by atoms with E-state index >= 15 is 0 Å². The van der Waals surface area contributed by atoms with E-state index in [9.17, 15) is 9.90 Å². The van der Waals surface area contributed by atoms with Crippen molar-refractivity contribution in [1.29, 1.82) is 0 Å². The van der Waals surface area contributed by atoms with Gasteiger partial charge in [-0.15, -0.1) is 13.2 Å². The number of hydrogen-bond donors (Lipinski definition) is 2. The summed E-state index contributed by atoms with van der Waals surface area (Å²) in [5.74, 6) is 0.370. The van der Waals surface area contributed by atoms with Gasteiger partial charge in [-0.2, -0.15) is 0 Å². The van der Waals surface area contributed by atoms with E-state index in [2.05, 4.69) is 18.5 Å². The van der Waals surface area contributed by atoms with Gasteiger partial charge in [0.1, 0.15) is 11.5 Å². The highest BCUT2D eigenvalue weighted by atomic mass is 16.5. The van der Waals surface area contributed by atoms with Crippen molar-refractivity contribution in [2.75, 3.05) is 5.32 Å². The van der Waals surface area contributed by atoms with E-state index in [4.69, 9.17) is 4.74 Å². The molecule has 1 heterocycles. The van der Waals surface area contributed by atoms with Crippen LogP contribution in [-0.2, 0) is 4.79 Å². The minimum Gasteiger partial charge on any atom is -0.508 e. The van der Waals surface area contributed by atoms with Gasteiger partial charge in [-0.3, -0.25) is 4.79 Å². The predicted octanol–water partition coefficient (Wildman–Crippen LogP) is 2.61. The summed E-state index contributed by atoms with van der Waals surface area (Å²) in [5, 5.41) is 12.1. The fourth-order valence-electron chi connectivity index (χ4n) is 2.02. The standard InChI is InChI=1S/C14H15NO3/c1-3-7-14(8-4-2)13(17)15-11-9-10(16)5-6-12(11)18-14/h3-6,9,16H,1-2,7-8H2,(H,15,17). The van der Waals surface area contributed by atoms with Crippen LogP contribution in [0.4, 0.5) is 5.69 Å². The molecule has 0 unspecified atom stereocenters. The van der Waals surface area contributed by atoms with Crippen LogP contribution in [0.15, 0.2) is 43.5 Å². The third-order valence-electron chi connectivity index (χ3n) is 2.88. The minimum atomic E-state index is -0.993. The number of amides is 1. The smallest absolute Gasteiger partial charge is 0.269 e. The molecule has 0 bridgehead atoms. The Morgan fingerprint density at radius 3 is 2.61 bits per heavy atom. The first kappa shape index (κ1) is 12.2. The number of phenolic OH excluding ortho intramolecular Hbond substituents is 1. The van der Waals surface area contributed by atoms with E-state index in [0.29, 0.717) is 24.3 Å². The number of fused-ring (bicyclic) bond motifs is 1. The van der Waals surface area contributed by atoms with Crippen LogP contribution >= 0.6 is 0 Å². The molecule has 1 aromatic carbocycles.